The molecule has 0 bridgehead atoms. The Hall–Kier alpha value is -0.830. The van der Waals surface area contributed by atoms with Crippen LogP contribution in [0.15, 0.2) is 11.6 Å². The van der Waals surface area contributed by atoms with Crippen molar-refractivity contribution in [2.24, 2.45) is 5.41 Å². The number of carbonyl (C=O) groups is 1. The van der Waals surface area contributed by atoms with Gasteiger partial charge in [-0.1, -0.05) is 18.6 Å². The lowest BCUT2D eigenvalue weighted by molar-refractivity contribution is -0.134. The Kier molecular flexibility index (Phi) is 4.54. The van der Waals surface area contributed by atoms with E-state index in [0.717, 1.165) is 19.8 Å². The molecule has 2 rings (SSSR count). The van der Waals surface area contributed by atoms with Gasteiger partial charge >= 0.3 is 0 Å². The number of hydrogen-bond acceptors (Lipinski definition) is 2. The largest absolute Gasteiger partial charge is 0.481 e. The first-order valence-electron chi connectivity index (χ1n) is 6.01. The van der Waals surface area contributed by atoms with Crippen LogP contribution >= 0.6 is 0 Å². The Morgan fingerprint density at radius 3 is 2.75 bits per heavy atom. The zero-order valence-electron chi connectivity index (χ0n) is 10.2. The van der Waals surface area contributed by atoms with E-state index in [1.807, 2.05) is 0 Å². The predicted octanol–water partition coefficient (Wildman–Crippen LogP) is 2.74. The van der Waals surface area contributed by atoms with E-state index in [-0.39, 0.29) is 6.10 Å². The maximum Gasteiger partial charge on any atom is 0.300 e. The summed E-state index contributed by atoms with van der Waals surface area (Å²) in [6.45, 7) is 3.45. The van der Waals surface area contributed by atoms with Gasteiger partial charge in [-0.25, -0.2) is 0 Å². The highest BCUT2D eigenvalue weighted by atomic mass is 16.4. The van der Waals surface area contributed by atoms with Crippen LogP contribution in [0.25, 0.3) is 0 Å². The quantitative estimate of drug-likeness (QED) is 0.624. The minimum Gasteiger partial charge on any atom is -0.481 e. The van der Waals surface area contributed by atoms with Gasteiger partial charge in [0, 0.05) is 6.92 Å². The van der Waals surface area contributed by atoms with Gasteiger partial charge in [0.25, 0.3) is 5.97 Å². The molecule has 2 atom stereocenters. The molecule has 0 amide bonds. The highest BCUT2D eigenvalue weighted by Gasteiger charge is 2.35. The molecule has 0 aromatic carbocycles. The van der Waals surface area contributed by atoms with E-state index in [4.69, 9.17) is 9.90 Å². The number of carboxylic acid groups (broad SMARTS) is 1. The zero-order chi connectivity index (χ0) is 12.2. The minimum absolute atomic E-state index is 0.0533. The molecule has 2 aliphatic rings. The van der Waals surface area contributed by atoms with Gasteiger partial charge in [-0.15, -0.1) is 0 Å². The number of aliphatic hydroxyl groups is 1. The van der Waals surface area contributed by atoms with Crippen molar-refractivity contribution in [3.63, 3.8) is 0 Å². The Bertz CT molecular complexity index is 279. The smallest absolute Gasteiger partial charge is 0.300 e. The topological polar surface area (TPSA) is 57.5 Å². The number of aliphatic carboxylic acids is 1. The lowest BCUT2D eigenvalue weighted by Crippen LogP contribution is -2.31. The van der Waals surface area contributed by atoms with Crippen molar-refractivity contribution in [2.75, 3.05) is 0 Å². The van der Waals surface area contributed by atoms with Gasteiger partial charge in [0.2, 0.25) is 0 Å². The first-order chi connectivity index (χ1) is 7.44. The molecule has 0 saturated heterocycles. The van der Waals surface area contributed by atoms with Crippen LogP contribution in [-0.4, -0.2) is 22.3 Å². The van der Waals surface area contributed by atoms with Crippen LogP contribution in [0, 0.1) is 5.41 Å². The Balaban J connectivity index is 0.000000280. The monoisotopic (exact) mass is 226 g/mol. The number of rotatable bonds is 0. The van der Waals surface area contributed by atoms with Gasteiger partial charge in [0.1, 0.15) is 0 Å². The minimum atomic E-state index is -0.833. The maximum absolute atomic E-state index is 9.52. The Labute approximate surface area is 97.2 Å². The van der Waals surface area contributed by atoms with Gasteiger partial charge in [0.15, 0.2) is 0 Å². The van der Waals surface area contributed by atoms with Crippen molar-refractivity contribution < 1.29 is 15.0 Å². The standard InChI is InChI=1S/C11H18O.C2H4O2/c1-11-6-3-2-4-9(11)8-10(12)5-7-11;1-2(3)4/h4,10,12H,2-3,5-8H2,1H3;1H3,(H,3,4). The molecule has 0 aliphatic heterocycles. The lowest BCUT2D eigenvalue weighted by atomic mass is 9.65. The molecule has 0 radical (unpaired) electrons. The average Bonchev–Trinajstić information content (AvgIpc) is 2.18. The molecule has 1 fully saturated rings. The van der Waals surface area contributed by atoms with Crippen molar-refractivity contribution in [3.8, 4) is 0 Å². The summed E-state index contributed by atoms with van der Waals surface area (Å²) < 4.78 is 0. The third kappa shape index (κ3) is 3.63. The summed E-state index contributed by atoms with van der Waals surface area (Å²) in [6, 6.07) is 0. The number of carboxylic acids is 1. The first-order valence-corrected chi connectivity index (χ1v) is 6.01. The van der Waals surface area contributed by atoms with Gasteiger partial charge in [0.05, 0.1) is 6.10 Å². The maximum atomic E-state index is 9.52. The molecular weight excluding hydrogens is 204 g/mol. The SMILES string of the molecule is CC(=O)O.CC12CCCC=C1CC(O)CC2. The van der Waals surface area contributed by atoms with Crippen LogP contribution in [0.1, 0.15) is 52.4 Å². The van der Waals surface area contributed by atoms with Crippen LogP contribution < -0.4 is 0 Å². The molecule has 92 valence electrons. The molecule has 0 spiro atoms. The molecule has 16 heavy (non-hydrogen) atoms. The Morgan fingerprint density at radius 2 is 2.12 bits per heavy atom. The van der Waals surface area contributed by atoms with Crippen LogP contribution in [0.2, 0.25) is 0 Å². The summed E-state index contributed by atoms with van der Waals surface area (Å²) in [6.07, 6.45) is 9.37. The number of hydrogen-bond donors (Lipinski definition) is 2. The molecule has 0 aromatic heterocycles. The van der Waals surface area contributed by atoms with Crippen LogP contribution in [0.5, 0.6) is 0 Å². The van der Waals surface area contributed by atoms with Crippen LogP contribution in [0.3, 0.4) is 0 Å². The summed E-state index contributed by atoms with van der Waals surface area (Å²) in [5.41, 5.74) is 1.99. The molecule has 2 aliphatic carbocycles. The van der Waals surface area contributed by atoms with E-state index < -0.39 is 5.97 Å². The van der Waals surface area contributed by atoms with Crippen molar-refractivity contribution in [1.29, 1.82) is 0 Å². The van der Waals surface area contributed by atoms with Gasteiger partial charge in [-0.3, -0.25) is 4.79 Å². The van der Waals surface area contributed by atoms with E-state index in [2.05, 4.69) is 13.0 Å². The highest BCUT2D eigenvalue weighted by Crippen LogP contribution is 2.46. The highest BCUT2D eigenvalue weighted by molar-refractivity contribution is 5.62. The summed E-state index contributed by atoms with van der Waals surface area (Å²) in [5.74, 6) is -0.833. The van der Waals surface area contributed by atoms with E-state index in [1.54, 1.807) is 0 Å². The summed E-state index contributed by atoms with van der Waals surface area (Å²) in [5, 5.41) is 16.9. The molecule has 2 N–H and O–H groups in total. The second-order valence-electron chi connectivity index (χ2n) is 5.10. The van der Waals surface area contributed by atoms with Crippen LogP contribution in [-0.2, 0) is 4.79 Å². The number of aliphatic hydroxyl groups excluding tert-OH is 1. The molecule has 3 heteroatoms. The molecule has 1 saturated carbocycles. The van der Waals surface area contributed by atoms with Crippen molar-refractivity contribution >= 4 is 5.97 Å². The fourth-order valence-corrected chi connectivity index (χ4v) is 2.63. The van der Waals surface area contributed by atoms with E-state index in [1.165, 1.54) is 31.3 Å². The van der Waals surface area contributed by atoms with Gasteiger partial charge in [-0.2, -0.15) is 0 Å². The second-order valence-corrected chi connectivity index (χ2v) is 5.10. The molecule has 0 aromatic rings. The number of fused-ring (bicyclic) bond motifs is 1. The average molecular weight is 226 g/mol. The van der Waals surface area contributed by atoms with Crippen molar-refractivity contribution in [1.82, 2.24) is 0 Å². The van der Waals surface area contributed by atoms with Crippen molar-refractivity contribution in [3.05, 3.63) is 11.6 Å². The van der Waals surface area contributed by atoms with E-state index in [0.29, 0.717) is 5.41 Å². The zero-order valence-corrected chi connectivity index (χ0v) is 10.2. The van der Waals surface area contributed by atoms with E-state index in [9.17, 15) is 5.11 Å². The predicted molar refractivity (Wildman–Crippen MR) is 63.2 cm³/mol. The summed E-state index contributed by atoms with van der Waals surface area (Å²) >= 11 is 0. The fourth-order valence-electron chi connectivity index (χ4n) is 2.63. The third-order valence-corrected chi connectivity index (χ3v) is 3.58. The Morgan fingerprint density at radius 1 is 1.50 bits per heavy atom. The van der Waals surface area contributed by atoms with Gasteiger partial charge in [-0.05, 0) is 43.9 Å². The molecular formula is C13H22O3. The van der Waals surface area contributed by atoms with E-state index >= 15 is 0 Å². The van der Waals surface area contributed by atoms with Crippen molar-refractivity contribution in [2.45, 2.75) is 58.5 Å². The lowest BCUT2D eigenvalue weighted by Gasteiger charge is -2.41. The summed E-state index contributed by atoms with van der Waals surface area (Å²) in [7, 11) is 0. The number of allylic oxidation sites excluding steroid dienone is 1. The molecule has 0 heterocycles. The summed E-state index contributed by atoms with van der Waals surface area (Å²) in [4.78, 5) is 9.00. The second kappa shape index (κ2) is 5.48. The molecule has 2 unspecified atom stereocenters. The van der Waals surface area contributed by atoms with Crippen LogP contribution in [0.4, 0.5) is 0 Å². The third-order valence-electron chi connectivity index (χ3n) is 3.58. The van der Waals surface area contributed by atoms with Gasteiger partial charge < -0.3 is 10.2 Å². The fraction of sp³-hybridized carbons (Fsp3) is 0.769. The normalized spacial score (nSPS) is 32.9. The first kappa shape index (κ1) is 13.2. The molecule has 3 nitrogen and oxygen atoms in total.